The molecule has 0 aliphatic heterocycles. The summed E-state index contributed by atoms with van der Waals surface area (Å²) >= 11 is 7.12. The van der Waals surface area contributed by atoms with Crippen molar-refractivity contribution in [2.24, 2.45) is 0 Å². The minimum atomic E-state index is 0.0482. The van der Waals surface area contributed by atoms with E-state index >= 15 is 0 Å². The zero-order valence-electron chi connectivity index (χ0n) is 10.2. The second-order valence-corrected chi connectivity index (χ2v) is 5.62. The van der Waals surface area contributed by atoms with E-state index in [0.717, 1.165) is 21.5 Å². The van der Waals surface area contributed by atoms with Gasteiger partial charge in [-0.15, -0.1) is 0 Å². The van der Waals surface area contributed by atoms with E-state index in [1.807, 2.05) is 19.1 Å². The second-order valence-electron chi connectivity index (χ2n) is 3.99. The Hall–Kier alpha value is -0.740. The molecule has 0 aliphatic rings. The van der Waals surface area contributed by atoms with Crippen LogP contribution in [-0.4, -0.2) is 6.61 Å². The van der Waals surface area contributed by atoms with Crippen molar-refractivity contribution in [2.45, 2.75) is 18.7 Å². The lowest BCUT2D eigenvalue weighted by atomic mass is 10.0. The summed E-state index contributed by atoms with van der Waals surface area (Å²) in [6.07, 6.45) is 1.67. The minimum Gasteiger partial charge on any atom is -0.494 e. The number of halogens is 2. The van der Waals surface area contributed by atoms with Gasteiger partial charge in [-0.2, -0.15) is 0 Å². The number of hydrogen-bond acceptors (Lipinski definition) is 2. The lowest BCUT2D eigenvalue weighted by Crippen LogP contribution is -2.00. The van der Waals surface area contributed by atoms with Gasteiger partial charge in [-0.1, -0.05) is 33.6 Å². The molecular weight excluding hydrogens is 360 g/mol. The summed E-state index contributed by atoms with van der Waals surface area (Å²) in [5.41, 5.74) is 3.37. The van der Waals surface area contributed by atoms with Crippen molar-refractivity contribution < 1.29 is 9.15 Å². The molecule has 1 aromatic carbocycles. The molecule has 96 valence electrons. The average Bonchev–Trinajstić information content (AvgIpc) is 2.77. The molecule has 0 amide bonds. The number of ether oxygens (including phenoxy) is 1. The van der Waals surface area contributed by atoms with Gasteiger partial charge in [0.15, 0.2) is 4.67 Å². The Morgan fingerprint density at radius 2 is 2.06 bits per heavy atom. The Morgan fingerprint density at radius 3 is 2.67 bits per heavy atom. The topological polar surface area (TPSA) is 22.4 Å². The standard InChI is InChI=1S/C14H14Br2O2/c1-3-17-12-5-4-9(2)8-11(12)13(15)10-6-7-18-14(10)16/h4-8,13H,3H2,1-2H3. The summed E-state index contributed by atoms with van der Waals surface area (Å²) < 4.78 is 11.7. The predicted molar refractivity (Wildman–Crippen MR) is 79.5 cm³/mol. The van der Waals surface area contributed by atoms with E-state index in [-0.39, 0.29) is 4.83 Å². The molecule has 1 unspecified atom stereocenters. The maximum absolute atomic E-state index is 5.68. The van der Waals surface area contributed by atoms with Crippen molar-refractivity contribution in [3.8, 4) is 5.75 Å². The molecule has 4 heteroatoms. The van der Waals surface area contributed by atoms with Gasteiger partial charge in [0.2, 0.25) is 0 Å². The van der Waals surface area contributed by atoms with Gasteiger partial charge in [0.25, 0.3) is 0 Å². The van der Waals surface area contributed by atoms with Crippen molar-refractivity contribution >= 4 is 31.9 Å². The van der Waals surface area contributed by atoms with Crippen LogP contribution >= 0.6 is 31.9 Å². The van der Waals surface area contributed by atoms with Crippen LogP contribution in [0.15, 0.2) is 39.6 Å². The molecule has 0 fully saturated rings. The van der Waals surface area contributed by atoms with Gasteiger partial charge in [0.05, 0.1) is 17.7 Å². The number of rotatable bonds is 4. The highest BCUT2D eigenvalue weighted by Crippen LogP contribution is 2.40. The number of furan rings is 1. The average molecular weight is 374 g/mol. The normalized spacial score (nSPS) is 12.4. The first-order valence-corrected chi connectivity index (χ1v) is 7.44. The molecule has 2 nitrogen and oxygen atoms in total. The third-order valence-electron chi connectivity index (χ3n) is 2.66. The van der Waals surface area contributed by atoms with Crippen molar-refractivity contribution in [3.05, 3.63) is 51.9 Å². The number of alkyl halides is 1. The van der Waals surface area contributed by atoms with Gasteiger partial charge in [-0.3, -0.25) is 0 Å². The van der Waals surface area contributed by atoms with Crippen molar-refractivity contribution in [2.75, 3.05) is 6.61 Å². The molecule has 0 aliphatic carbocycles. The molecule has 1 atom stereocenters. The largest absolute Gasteiger partial charge is 0.494 e. The van der Waals surface area contributed by atoms with Crippen molar-refractivity contribution in [1.29, 1.82) is 0 Å². The molecule has 1 aromatic heterocycles. The van der Waals surface area contributed by atoms with Crippen LogP contribution in [0.3, 0.4) is 0 Å². The summed E-state index contributed by atoms with van der Waals surface area (Å²) in [5.74, 6) is 0.901. The van der Waals surface area contributed by atoms with Gasteiger partial charge in [-0.25, -0.2) is 0 Å². The van der Waals surface area contributed by atoms with Crippen LogP contribution in [0, 0.1) is 6.92 Å². The zero-order chi connectivity index (χ0) is 13.1. The maximum atomic E-state index is 5.68. The first kappa shape index (κ1) is 13.7. The summed E-state index contributed by atoms with van der Waals surface area (Å²) in [6, 6.07) is 8.14. The van der Waals surface area contributed by atoms with Gasteiger partial charge >= 0.3 is 0 Å². The summed E-state index contributed by atoms with van der Waals surface area (Å²) in [5, 5.41) is 0. The summed E-state index contributed by atoms with van der Waals surface area (Å²) in [4.78, 5) is 0.0482. The first-order valence-electron chi connectivity index (χ1n) is 5.73. The Morgan fingerprint density at radius 1 is 1.28 bits per heavy atom. The molecule has 2 rings (SSSR count). The van der Waals surface area contributed by atoms with E-state index in [4.69, 9.17) is 9.15 Å². The van der Waals surface area contributed by atoms with Crippen LogP contribution in [-0.2, 0) is 0 Å². The summed E-state index contributed by atoms with van der Waals surface area (Å²) in [7, 11) is 0. The molecule has 0 spiro atoms. The highest BCUT2D eigenvalue weighted by molar-refractivity contribution is 9.10. The monoisotopic (exact) mass is 372 g/mol. The quantitative estimate of drug-likeness (QED) is 0.684. The van der Waals surface area contributed by atoms with Crippen molar-refractivity contribution in [1.82, 2.24) is 0 Å². The zero-order valence-corrected chi connectivity index (χ0v) is 13.4. The predicted octanol–water partition coefficient (Wildman–Crippen LogP) is 5.23. The Bertz CT molecular complexity index is 534. The third-order valence-corrected chi connectivity index (χ3v) is 4.29. The Kier molecular flexibility index (Phi) is 4.51. The number of benzene rings is 1. The molecule has 0 N–H and O–H groups in total. The Labute approximate surface area is 124 Å². The van der Waals surface area contributed by atoms with Crippen LogP contribution in [0.1, 0.15) is 28.4 Å². The molecule has 18 heavy (non-hydrogen) atoms. The molecule has 1 heterocycles. The molecular formula is C14H14Br2O2. The summed E-state index contributed by atoms with van der Waals surface area (Å²) in [6.45, 7) is 4.71. The van der Waals surface area contributed by atoms with Crippen LogP contribution in [0.2, 0.25) is 0 Å². The first-order chi connectivity index (χ1) is 8.63. The second kappa shape index (κ2) is 5.93. The van der Waals surface area contributed by atoms with E-state index in [1.165, 1.54) is 5.56 Å². The minimum absolute atomic E-state index is 0.0482. The smallest absolute Gasteiger partial charge is 0.173 e. The van der Waals surface area contributed by atoms with E-state index < -0.39 is 0 Å². The molecule has 2 aromatic rings. The van der Waals surface area contributed by atoms with E-state index in [2.05, 4.69) is 50.9 Å². The fraction of sp³-hybridized carbons (Fsp3) is 0.286. The van der Waals surface area contributed by atoms with E-state index in [1.54, 1.807) is 6.26 Å². The molecule has 0 saturated carbocycles. The molecule has 0 bridgehead atoms. The SMILES string of the molecule is CCOc1ccc(C)cc1C(Br)c1ccoc1Br. The number of hydrogen-bond donors (Lipinski definition) is 0. The van der Waals surface area contributed by atoms with E-state index in [9.17, 15) is 0 Å². The van der Waals surface area contributed by atoms with Crippen LogP contribution in [0.25, 0.3) is 0 Å². The maximum Gasteiger partial charge on any atom is 0.173 e. The third kappa shape index (κ3) is 2.81. The van der Waals surface area contributed by atoms with Gasteiger partial charge < -0.3 is 9.15 Å². The van der Waals surface area contributed by atoms with Crippen molar-refractivity contribution in [3.63, 3.8) is 0 Å². The van der Waals surface area contributed by atoms with Gasteiger partial charge in [-0.05, 0) is 41.9 Å². The Balaban J connectivity index is 2.43. The van der Waals surface area contributed by atoms with E-state index in [0.29, 0.717) is 6.61 Å². The lowest BCUT2D eigenvalue weighted by Gasteiger charge is -2.15. The van der Waals surface area contributed by atoms with Crippen LogP contribution in [0.4, 0.5) is 0 Å². The molecule has 0 saturated heterocycles. The number of aryl methyl sites for hydroxylation is 1. The highest BCUT2D eigenvalue weighted by atomic mass is 79.9. The van der Waals surface area contributed by atoms with Crippen LogP contribution in [0.5, 0.6) is 5.75 Å². The van der Waals surface area contributed by atoms with Gasteiger partial charge in [0.1, 0.15) is 5.75 Å². The lowest BCUT2D eigenvalue weighted by molar-refractivity contribution is 0.337. The molecule has 0 radical (unpaired) electrons. The fourth-order valence-electron chi connectivity index (χ4n) is 1.81. The highest BCUT2D eigenvalue weighted by Gasteiger charge is 2.19. The van der Waals surface area contributed by atoms with Crippen LogP contribution < -0.4 is 4.74 Å². The fourth-order valence-corrected chi connectivity index (χ4v) is 3.30. The van der Waals surface area contributed by atoms with Gasteiger partial charge in [0, 0.05) is 11.1 Å².